The Balaban J connectivity index is 2.64. The molecular weight excluding hydrogens is 369 g/mol. The highest BCUT2D eigenvalue weighted by atomic mass is 35.5. The molecule has 5 nitrogen and oxygen atoms in total. The van der Waals surface area contributed by atoms with Gasteiger partial charge in [-0.3, -0.25) is 9.59 Å². The van der Waals surface area contributed by atoms with Crippen molar-refractivity contribution in [3.63, 3.8) is 0 Å². The first-order valence-corrected chi connectivity index (χ1v) is 8.27. The number of thioether (sulfide) groups is 1. The summed E-state index contributed by atoms with van der Waals surface area (Å²) in [6.07, 6.45) is -4.63. The molecule has 0 radical (unpaired) electrons. The monoisotopic (exact) mass is 384 g/mol. The average Bonchev–Trinajstić information content (AvgIpc) is 2.48. The predicted molar refractivity (Wildman–Crippen MR) is 87.1 cm³/mol. The molecule has 0 bridgehead atoms. The van der Waals surface area contributed by atoms with Crippen molar-refractivity contribution in [2.24, 2.45) is 0 Å². The van der Waals surface area contributed by atoms with E-state index in [4.69, 9.17) is 16.7 Å². The molecule has 10 heteroatoms. The van der Waals surface area contributed by atoms with Gasteiger partial charge in [0.2, 0.25) is 11.8 Å². The van der Waals surface area contributed by atoms with Gasteiger partial charge < -0.3 is 15.3 Å². The number of aliphatic hydroxyl groups excluding tert-OH is 1. The number of carbonyl (C=O) groups excluding carboxylic acids is 2. The van der Waals surface area contributed by atoms with Crippen molar-refractivity contribution in [2.75, 3.05) is 37.0 Å². The molecule has 0 aliphatic carbocycles. The molecule has 0 fully saturated rings. The Morgan fingerprint density at radius 1 is 1.38 bits per heavy atom. The zero-order valence-electron chi connectivity index (χ0n) is 12.7. The smallest absolute Gasteiger partial charge is 0.396 e. The summed E-state index contributed by atoms with van der Waals surface area (Å²) in [4.78, 5) is 24.7. The highest BCUT2D eigenvalue weighted by Crippen LogP contribution is 2.36. The van der Waals surface area contributed by atoms with Gasteiger partial charge in [0.1, 0.15) is 0 Å². The minimum Gasteiger partial charge on any atom is -0.396 e. The first-order valence-electron chi connectivity index (χ1n) is 6.74. The molecule has 1 aromatic carbocycles. The van der Waals surface area contributed by atoms with Crippen LogP contribution in [-0.4, -0.2) is 53.5 Å². The highest BCUT2D eigenvalue weighted by Gasteiger charge is 2.33. The molecule has 0 heterocycles. The fourth-order valence-corrected chi connectivity index (χ4v) is 2.55. The third-order valence-electron chi connectivity index (χ3n) is 2.82. The summed E-state index contributed by atoms with van der Waals surface area (Å²) < 4.78 is 38.3. The maximum atomic E-state index is 12.8. The van der Waals surface area contributed by atoms with Crippen LogP contribution >= 0.6 is 23.4 Å². The van der Waals surface area contributed by atoms with Gasteiger partial charge in [-0.05, 0) is 18.2 Å². The Morgan fingerprint density at radius 2 is 2.04 bits per heavy atom. The molecule has 0 aromatic heterocycles. The number of halogens is 4. The number of hydrogen-bond acceptors (Lipinski definition) is 4. The molecule has 1 rings (SSSR count). The van der Waals surface area contributed by atoms with Gasteiger partial charge in [0.05, 0.1) is 29.5 Å². The van der Waals surface area contributed by atoms with Gasteiger partial charge >= 0.3 is 6.18 Å². The first kappa shape index (κ1) is 20.6. The standard InChI is InChI=1S/C14H16ClF3N2O3S/c1-20(13(23)8-24-5-4-21)7-12(22)19-9-2-3-11(15)10(6-9)14(16,17)18/h2-3,6,21H,4-5,7-8H2,1H3,(H,19,22). The molecule has 1 aromatic rings. The van der Waals surface area contributed by atoms with Gasteiger partial charge in [-0.2, -0.15) is 13.2 Å². The summed E-state index contributed by atoms with van der Waals surface area (Å²) >= 11 is 6.71. The Labute approximate surface area is 146 Å². The van der Waals surface area contributed by atoms with Crippen LogP contribution < -0.4 is 5.32 Å². The van der Waals surface area contributed by atoms with Gasteiger partial charge in [-0.1, -0.05) is 11.6 Å². The zero-order valence-corrected chi connectivity index (χ0v) is 14.3. The van der Waals surface area contributed by atoms with E-state index in [-0.39, 0.29) is 30.5 Å². The molecule has 0 atom stereocenters. The van der Waals surface area contributed by atoms with Crippen LogP contribution in [0, 0.1) is 0 Å². The van der Waals surface area contributed by atoms with Crippen LogP contribution in [0.25, 0.3) is 0 Å². The summed E-state index contributed by atoms with van der Waals surface area (Å²) in [6.45, 7) is -0.358. The van der Waals surface area contributed by atoms with Crippen molar-refractivity contribution >= 4 is 40.9 Å². The largest absolute Gasteiger partial charge is 0.417 e. The number of nitrogens with one attached hydrogen (secondary N) is 1. The molecule has 2 amide bonds. The molecule has 24 heavy (non-hydrogen) atoms. The van der Waals surface area contributed by atoms with E-state index in [1.807, 2.05) is 0 Å². The Kier molecular flexibility index (Phi) is 7.85. The van der Waals surface area contributed by atoms with Crippen LogP contribution in [0.5, 0.6) is 0 Å². The van der Waals surface area contributed by atoms with Crippen molar-refractivity contribution in [1.82, 2.24) is 4.90 Å². The fourth-order valence-electron chi connectivity index (χ4n) is 1.66. The first-order chi connectivity index (χ1) is 11.1. The predicted octanol–water partition coefficient (Wildman–Crippen LogP) is 2.48. The number of carbonyl (C=O) groups is 2. The number of nitrogens with zero attached hydrogens (tertiary/aromatic N) is 1. The third kappa shape index (κ3) is 6.58. The normalized spacial score (nSPS) is 11.2. The fraction of sp³-hybridized carbons (Fsp3) is 0.429. The minimum absolute atomic E-state index is 0.0553. The molecule has 0 unspecified atom stereocenters. The summed E-state index contributed by atoms with van der Waals surface area (Å²) in [5.74, 6) is -0.454. The lowest BCUT2D eigenvalue weighted by atomic mass is 10.2. The van der Waals surface area contributed by atoms with Crippen LogP contribution in [0.2, 0.25) is 5.02 Å². The quantitative estimate of drug-likeness (QED) is 0.709. The number of benzene rings is 1. The average molecular weight is 385 g/mol. The van der Waals surface area contributed by atoms with Crippen molar-refractivity contribution in [2.45, 2.75) is 6.18 Å². The third-order valence-corrected chi connectivity index (χ3v) is 4.08. The number of alkyl halides is 3. The number of amides is 2. The minimum atomic E-state index is -4.63. The van der Waals surface area contributed by atoms with Crippen LogP contribution in [0.15, 0.2) is 18.2 Å². The Hall–Kier alpha value is -1.45. The van der Waals surface area contributed by atoms with Crippen LogP contribution in [0.3, 0.4) is 0 Å². The Morgan fingerprint density at radius 3 is 2.62 bits per heavy atom. The van der Waals surface area contributed by atoms with Crippen molar-refractivity contribution < 1.29 is 27.9 Å². The van der Waals surface area contributed by atoms with Crippen LogP contribution in [0.4, 0.5) is 18.9 Å². The van der Waals surface area contributed by atoms with Gasteiger partial charge in [0.15, 0.2) is 0 Å². The van der Waals surface area contributed by atoms with Gasteiger partial charge in [0, 0.05) is 18.5 Å². The molecule has 2 N–H and O–H groups in total. The van der Waals surface area contributed by atoms with Gasteiger partial charge in [-0.15, -0.1) is 11.8 Å². The van der Waals surface area contributed by atoms with Crippen LogP contribution in [0.1, 0.15) is 5.56 Å². The van der Waals surface area contributed by atoms with Crippen LogP contribution in [-0.2, 0) is 15.8 Å². The molecule has 0 saturated carbocycles. The molecular formula is C14H16ClF3N2O3S. The van der Waals surface area contributed by atoms with Gasteiger partial charge in [-0.25, -0.2) is 0 Å². The Bertz CT molecular complexity index is 599. The lowest BCUT2D eigenvalue weighted by Crippen LogP contribution is -2.36. The second-order valence-electron chi connectivity index (χ2n) is 4.77. The van der Waals surface area contributed by atoms with E-state index >= 15 is 0 Å². The van der Waals surface area contributed by atoms with Gasteiger partial charge in [0.25, 0.3) is 0 Å². The molecule has 0 aliphatic heterocycles. The zero-order chi connectivity index (χ0) is 18.3. The summed E-state index contributed by atoms with van der Waals surface area (Å²) in [5.41, 5.74) is -1.11. The number of likely N-dealkylation sites (N-methyl/N-ethyl adjacent to an activating group) is 1. The molecule has 0 aliphatic rings. The molecule has 134 valence electrons. The van der Waals surface area contributed by atoms with E-state index in [0.717, 1.165) is 17.0 Å². The maximum Gasteiger partial charge on any atom is 0.417 e. The highest BCUT2D eigenvalue weighted by molar-refractivity contribution is 7.99. The lowest BCUT2D eigenvalue weighted by Gasteiger charge is -2.17. The number of rotatable bonds is 7. The summed E-state index contributed by atoms with van der Waals surface area (Å²) in [6, 6.07) is 3.02. The van der Waals surface area contributed by atoms with E-state index in [0.29, 0.717) is 5.75 Å². The van der Waals surface area contributed by atoms with E-state index in [1.165, 1.54) is 24.9 Å². The van der Waals surface area contributed by atoms with Crippen molar-refractivity contribution in [3.8, 4) is 0 Å². The molecule has 0 saturated heterocycles. The summed E-state index contributed by atoms with van der Waals surface area (Å²) in [5, 5.41) is 10.5. The number of aliphatic hydroxyl groups is 1. The SMILES string of the molecule is CN(CC(=O)Nc1ccc(Cl)c(C(F)(F)F)c1)C(=O)CSCCO. The number of anilines is 1. The van der Waals surface area contributed by atoms with E-state index in [1.54, 1.807) is 0 Å². The topological polar surface area (TPSA) is 69.6 Å². The van der Waals surface area contributed by atoms with Crippen molar-refractivity contribution in [3.05, 3.63) is 28.8 Å². The summed E-state index contributed by atoms with van der Waals surface area (Å²) in [7, 11) is 1.41. The van der Waals surface area contributed by atoms with E-state index < -0.39 is 22.7 Å². The molecule has 0 spiro atoms. The second-order valence-corrected chi connectivity index (χ2v) is 6.28. The van der Waals surface area contributed by atoms with E-state index in [9.17, 15) is 22.8 Å². The van der Waals surface area contributed by atoms with E-state index in [2.05, 4.69) is 5.32 Å². The number of hydrogen-bond donors (Lipinski definition) is 2. The maximum absolute atomic E-state index is 12.8. The lowest BCUT2D eigenvalue weighted by molar-refractivity contribution is -0.137. The van der Waals surface area contributed by atoms with Crippen molar-refractivity contribution in [1.29, 1.82) is 0 Å². The second kappa shape index (κ2) is 9.14.